The van der Waals surface area contributed by atoms with Gasteiger partial charge in [0.25, 0.3) is 0 Å². The van der Waals surface area contributed by atoms with E-state index < -0.39 is 6.17 Å². The molecule has 1 aliphatic heterocycles. The van der Waals surface area contributed by atoms with Crippen molar-refractivity contribution in [3.05, 3.63) is 35.6 Å². The molecule has 22 heavy (non-hydrogen) atoms. The first-order valence-corrected chi connectivity index (χ1v) is 7.74. The van der Waals surface area contributed by atoms with Crippen molar-refractivity contribution in [3.8, 4) is 0 Å². The highest BCUT2D eigenvalue weighted by molar-refractivity contribution is 5.95. The molecule has 2 aliphatic carbocycles. The molecular formula is C16H18FN3O2. The van der Waals surface area contributed by atoms with Crippen molar-refractivity contribution in [2.75, 3.05) is 7.11 Å². The van der Waals surface area contributed by atoms with E-state index in [1.807, 2.05) is 18.2 Å². The molecule has 0 N–H and O–H groups in total. The highest BCUT2D eigenvalue weighted by atomic mass is 19.1. The van der Waals surface area contributed by atoms with Crippen molar-refractivity contribution in [1.82, 2.24) is 14.8 Å². The number of halogens is 1. The van der Waals surface area contributed by atoms with E-state index in [0.717, 1.165) is 25.0 Å². The third-order valence-electron chi connectivity index (χ3n) is 4.67. The van der Waals surface area contributed by atoms with E-state index in [1.54, 1.807) is 11.8 Å². The minimum Gasteiger partial charge on any atom is -0.497 e. The lowest BCUT2D eigenvalue weighted by atomic mass is 9.90. The highest BCUT2D eigenvalue weighted by Crippen LogP contribution is 2.43. The molecule has 6 heteroatoms. The molecule has 4 rings (SSSR count). The first-order chi connectivity index (χ1) is 10.7. The molecule has 0 aromatic carbocycles. The second kappa shape index (κ2) is 5.04. The number of alkyl halides is 1. The van der Waals surface area contributed by atoms with Gasteiger partial charge in [0.15, 0.2) is 12.0 Å². The van der Waals surface area contributed by atoms with Gasteiger partial charge in [-0.1, -0.05) is 6.08 Å². The van der Waals surface area contributed by atoms with Crippen LogP contribution in [-0.2, 0) is 4.74 Å². The number of fused-ring (bicyclic) bond motifs is 1. The van der Waals surface area contributed by atoms with Crippen LogP contribution in [0.3, 0.4) is 0 Å². The predicted molar refractivity (Wildman–Crippen MR) is 76.9 cm³/mol. The maximum atomic E-state index is 14.3. The Morgan fingerprint density at radius 1 is 1.45 bits per heavy atom. The van der Waals surface area contributed by atoms with Crippen LogP contribution in [0.1, 0.15) is 54.3 Å². The largest absolute Gasteiger partial charge is 0.497 e. The molecule has 0 bridgehead atoms. The van der Waals surface area contributed by atoms with Crippen LogP contribution < -0.4 is 0 Å². The average molecular weight is 303 g/mol. The first-order valence-electron chi connectivity index (χ1n) is 7.74. The zero-order valence-corrected chi connectivity index (χ0v) is 12.4. The minimum atomic E-state index is -1.15. The predicted octanol–water partition coefficient (Wildman–Crippen LogP) is 2.93. The molecule has 1 unspecified atom stereocenters. The number of hydrogen-bond acceptors (Lipinski definition) is 4. The van der Waals surface area contributed by atoms with Crippen LogP contribution in [0.5, 0.6) is 0 Å². The van der Waals surface area contributed by atoms with Crippen molar-refractivity contribution >= 4 is 5.78 Å². The summed E-state index contributed by atoms with van der Waals surface area (Å²) < 4.78 is 21.2. The summed E-state index contributed by atoms with van der Waals surface area (Å²) in [5, 5.41) is 4.33. The Morgan fingerprint density at radius 2 is 2.27 bits per heavy atom. The Balaban J connectivity index is 1.63. The zero-order chi connectivity index (χ0) is 15.3. The summed E-state index contributed by atoms with van der Waals surface area (Å²) >= 11 is 0. The lowest BCUT2D eigenvalue weighted by molar-refractivity contribution is 0.0956. The van der Waals surface area contributed by atoms with Gasteiger partial charge in [-0.2, -0.15) is 0 Å². The molecule has 0 radical (unpaired) electrons. The van der Waals surface area contributed by atoms with E-state index in [2.05, 4.69) is 10.1 Å². The Kier molecular flexibility index (Phi) is 3.13. The third-order valence-corrected chi connectivity index (χ3v) is 4.67. The van der Waals surface area contributed by atoms with Crippen LogP contribution >= 0.6 is 0 Å². The lowest BCUT2D eigenvalue weighted by Gasteiger charge is -2.22. The van der Waals surface area contributed by atoms with E-state index in [9.17, 15) is 9.18 Å². The molecule has 0 saturated heterocycles. The van der Waals surface area contributed by atoms with Crippen LogP contribution in [0.2, 0.25) is 0 Å². The van der Waals surface area contributed by atoms with Gasteiger partial charge < -0.3 is 4.74 Å². The Hall–Kier alpha value is -1.98. The zero-order valence-electron chi connectivity index (χ0n) is 12.4. The topological polar surface area (TPSA) is 57.0 Å². The number of aromatic nitrogens is 3. The molecule has 3 atom stereocenters. The Morgan fingerprint density at radius 3 is 3.00 bits per heavy atom. The van der Waals surface area contributed by atoms with E-state index >= 15 is 0 Å². The molecule has 0 spiro atoms. The standard InChI is InChI=1S/C16H18FN3O2/c1-22-11-4-2-3-10(7-11)13-8-12(17)16-18-15(19-20(13)16)14(21)9-5-6-9/h2,4,7,9-10,12-13H,3,5-6,8H2,1H3/t10?,12-,13-/m0/s1. The van der Waals surface area contributed by atoms with Crippen molar-refractivity contribution in [2.45, 2.75) is 37.9 Å². The quantitative estimate of drug-likeness (QED) is 0.803. The molecule has 3 aliphatic rings. The van der Waals surface area contributed by atoms with Gasteiger partial charge in [-0.05, 0) is 31.4 Å². The molecule has 1 aromatic heterocycles. The highest BCUT2D eigenvalue weighted by Gasteiger charge is 2.41. The number of ether oxygens (including phenoxy) is 1. The van der Waals surface area contributed by atoms with Gasteiger partial charge in [0.2, 0.25) is 11.6 Å². The summed E-state index contributed by atoms with van der Waals surface area (Å²) in [5.41, 5.74) is 0. The number of hydrogen-bond donors (Lipinski definition) is 0. The molecule has 0 amide bonds. The van der Waals surface area contributed by atoms with E-state index in [1.165, 1.54) is 0 Å². The molecular weight excluding hydrogens is 285 g/mol. The summed E-state index contributed by atoms with van der Waals surface area (Å²) in [6.07, 6.45) is 7.79. The Bertz CT molecular complexity index is 675. The van der Waals surface area contributed by atoms with Gasteiger partial charge in [0.1, 0.15) is 5.76 Å². The fourth-order valence-corrected chi connectivity index (χ4v) is 3.28. The maximum Gasteiger partial charge on any atom is 0.217 e. The molecule has 1 saturated carbocycles. The van der Waals surface area contributed by atoms with Crippen LogP contribution in [0.15, 0.2) is 24.0 Å². The van der Waals surface area contributed by atoms with E-state index in [-0.39, 0.29) is 29.5 Å². The second-order valence-corrected chi connectivity index (χ2v) is 6.22. The van der Waals surface area contributed by atoms with Crippen LogP contribution in [-0.4, -0.2) is 27.7 Å². The van der Waals surface area contributed by atoms with Crippen LogP contribution in [0, 0.1) is 11.8 Å². The van der Waals surface area contributed by atoms with Gasteiger partial charge in [-0.25, -0.2) is 14.1 Å². The molecule has 5 nitrogen and oxygen atoms in total. The smallest absolute Gasteiger partial charge is 0.217 e. The lowest BCUT2D eigenvalue weighted by Crippen LogP contribution is -2.18. The summed E-state index contributed by atoms with van der Waals surface area (Å²) in [6, 6.07) is -0.103. The summed E-state index contributed by atoms with van der Waals surface area (Å²) in [6.45, 7) is 0. The second-order valence-electron chi connectivity index (χ2n) is 6.22. The fraction of sp³-hybridized carbons (Fsp3) is 0.562. The summed E-state index contributed by atoms with van der Waals surface area (Å²) in [5.74, 6) is 1.41. The number of allylic oxidation sites excluding steroid dienone is 3. The monoisotopic (exact) mass is 303 g/mol. The number of methoxy groups -OCH3 is 1. The van der Waals surface area contributed by atoms with Gasteiger partial charge in [0.05, 0.1) is 13.2 Å². The van der Waals surface area contributed by atoms with Gasteiger partial charge in [-0.3, -0.25) is 4.79 Å². The molecule has 1 fully saturated rings. The molecule has 2 heterocycles. The number of carbonyl (C=O) groups is 1. The van der Waals surface area contributed by atoms with Crippen LogP contribution in [0.25, 0.3) is 0 Å². The van der Waals surface area contributed by atoms with Gasteiger partial charge >= 0.3 is 0 Å². The normalized spacial score (nSPS) is 30.1. The summed E-state index contributed by atoms with van der Waals surface area (Å²) in [4.78, 5) is 16.3. The summed E-state index contributed by atoms with van der Waals surface area (Å²) in [7, 11) is 1.62. The van der Waals surface area contributed by atoms with Crippen molar-refractivity contribution < 1.29 is 13.9 Å². The van der Waals surface area contributed by atoms with Crippen molar-refractivity contribution in [1.29, 1.82) is 0 Å². The van der Waals surface area contributed by atoms with Crippen molar-refractivity contribution in [3.63, 3.8) is 0 Å². The SMILES string of the molecule is COC1=CC([C@@H]2C[C@H](F)c3nc(C(=O)C4CC4)nn32)CC=C1. The number of Topliss-reactive ketones (excluding diaryl/α,β-unsaturated/α-hetero) is 1. The Labute approximate surface area is 127 Å². The number of carbonyl (C=O) groups excluding carboxylic acids is 1. The number of nitrogens with zero attached hydrogens (tertiary/aromatic N) is 3. The van der Waals surface area contributed by atoms with Crippen molar-refractivity contribution in [2.24, 2.45) is 11.8 Å². The number of ketones is 1. The van der Waals surface area contributed by atoms with Gasteiger partial charge in [0, 0.05) is 18.3 Å². The van der Waals surface area contributed by atoms with E-state index in [0.29, 0.717) is 12.2 Å². The van der Waals surface area contributed by atoms with Gasteiger partial charge in [-0.15, -0.1) is 5.10 Å². The van der Waals surface area contributed by atoms with Crippen LogP contribution in [0.4, 0.5) is 4.39 Å². The third kappa shape index (κ3) is 2.17. The fourth-order valence-electron chi connectivity index (χ4n) is 3.28. The molecule has 1 aromatic rings. The maximum absolute atomic E-state index is 14.3. The number of rotatable bonds is 4. The average Bonchev–Trinajstić information content (AvgIpc) is 3.22. The molecule has 116 valence electrons. The first kappa shape index (κ1) is 13.7. The van der Waals surface area contributed by atoms with E-state index in [4.69, 9.17) is 4.74 Å². The minimum absolute atomic E-state index is 0.0375.